The SMILES string of the molecule is O=C1N[C@]2(C[C@H]3CC[C@H]2C[C@@H]3C(=O)NCc2ccccn2)Oc2ccccc21. The molecule has 6 nitrogen and oxygen atoms in total. The smallest absolute Gasteiger partial charge is 0.258 e. The summed E-state index contributed by atoms with van der Waals surface area (Å²) in [5.41, 5.74) is 0.763. The first-order valence-electron chi connectivity index (χ1n) is 9.93. The number of para-hydroxylation sites is 1. The summed E-state index contributed by atoms with van der Waals surface area (Å²) in [4.78, 5) is 29.7. The summed E-state index contributed by atoms with van der Waals surface area (Å²) in [5.74, 6) is 0.962. The van der Waals surface area contributed by atoms with E-state index in [-0.39, 0.29) is 29.6 Å². The highest BCUT2D eigenvalue weighted by Gasteiger charge is 2.57. The number of hydrogen-bond donors (Lipinski definition) is 2. The Kier molecular flexibility index (Phi) is 4.07. The maximum atomic E-state index is 12.8. The first kappa shape index (κ1) is 17.2. The van der Waals surface area contributed by atoms with Gasteiger partial charge < -0.3 is 15.4 Å². The van der Waals surface area contributed by atoms with Gasteiger partial charge in [0.05, 0.1) is 17.8 Å². The van der Waals surface area contributed by atoms with Crippen LogP contribution >= 0.6 is 0 Å². The lowest BCUT2D eigenvalue weighted by Gasteiger charge is -2.55. The van der Waals surface area contributed by atoms with Crippen molar-refractivity contribution >= 4 is 11.8 Å². The summed E-state index contributed by atoms with van der Waals surface area (Å²) in [7, 11) is 0. The number of hydrogen-bond acceptors (Lipinski definition) is 4. The lowest BCUT2D eigenvalue weighted by molar-refractivity contribution is -0.146. The summed E-state index contributed by atoms with van der Waals surface area (Å²) in [6.07, 6.45) is 5.11. The standard InChI is InChI=1S/C22H23N3O3/c26-20(24-13-16-5-3-4-10-23-16)18-11-15-9-8-14(18)12-22(15)25-21(27)17-6-1-2-7-19(17)28-22/h1-7,10,14-15,18H,8-9,11-13H2,(H,24,26)(H,25,27)/t14-,15+,18+,22-/m1/s1. The Morgan fingerprint density at radius 2 is 2.07 bits per heavy atom. The molecule has 6 heteroatoms. The van der Waals surface area contributed by atoms with Gasteiger partial charge in [0.1, 0.15) is 5.75 Å². The van der Waals surface area contributed by atoms with Crippen LogP contribution in [0.15, 0.2) is 48.7 Å². The van der Waals surface area contributed by atoms with E-state index in [9.17, 15) is 9.59 Å². The molecule has 3 aliphatic carbocycles. The number of rotatable bonds is 3. The van der Waals surface area contributed by atoms with Crippen LogP contribution in [0.4, 0.5) is 0 Å². The maximum Gasteiger partial charge on any atom is 0.258 e. The highest BCUT2D eigenvalue weighted by molar-refractivity contribution is 5.98. The molecular formula is C22H23N3O3. The van der Waals surface area contributed by atoms with Gasteiger partial charge in [-0.15, -0.1) is 0 Å². The third-order valence-electron chi connectivity index (χ3n) is 6.47. The van der Waals surface area contributed by atoms with Crippen LogP contribution in [-0.4, -0.2) is 22.5 Å². The second-order valence-electron chi connectivity index (χ2n) is 8.06. The van der Waals surface area contributed by atoms with Crippen molar-refractivity contribution in [3.8, 4) is 5.75 Å². The van der Waals surface area contributed by atoms with Crippen LogP contribution in [-0.2, 0) is 11.3 Å². The zero-order valence-corrected chi connectivity index (χ0v) is 15.6. The Bertz CT molecular complexity index is 916. The molecule has 1 spiro atoms. The van der Waals surface area contributed by atoms with Gasteiger partial charge in [-0.3, -0.25) is 14.6 Å². The molecule has 0 saturated heterocycles. The third kappa shape index (κ3) is 2.84. The molecule has 144 valence electrons. The molecule has 0 unspecified atom stereocenters. The van der Waals surface area contributed by atoms with Gasteiger partial charge in [0, 0.05) is 24.5 Å². The fourth-order valence-corrected chi connectivity index (χ4v) is 5.09. The van der Waals surface area contributed by atoms with Gasteiger partial charge in [0.25, 0.3) is 5.91 Å². The van der Waals surface area contributed by atoms with E-state index in [4.69, 9.17) is 4.74 Å². The van der Waals surface area contributed by atoms with E-state index in [1.165, 1.54) is 0 Å². The molecule has 3 fully saturated rings. The van der Waals surface area contributed by atoms with Crippen molar-refractivity contribution in [2.45, 2.75) is 38.0 Å². The predicted octanol–water partition coefficient (Wildman–Crippen LogP) is 2.65. The van der Waals surface area contributed by atoms with E-state index in [2.05, 4.69) is 15.6 Å². The molecule has 28 heavy (non-hydrogen) atoms. The number of carbonyl (C=O) groups is 2. The van der Waals surface area contributed by atoms with E-state index in [0.29, 0.717) is 24.3 Å². The summed E-state index contributed by atoms with van der Waals surface area (Å²) >= 11 is 0. The van der Waals surface area contributed by atoms with E-state index >= 15 is 0 Å². The Balaban J connectivity index is 1.30. The van der Waals surface area contributed by atoms with E-state index in [1.807, 2.05) is 36.4 Å². The number of ether oxygens (including phenoxy) is 1. The molecule has 4 atom stereocenters. The minimum absolute atomic E-state index is 0.0363. The van der Waals surface area contributed by atoms with Crippen LogP contribution in [0, 0.1) is 17.8 Å². The molecular weight excluding hydrogens is 354 g/mol. The molecule has 2 aromatic rings. The van der Waals surface area contributed by atoms with Gasteiger partial charge in [-0.25, -0.2) is 0 Å². The van der Waals surface area contributed by atoms with E-state index < -0.39 is 5.72 Å². The summed E-state index contributed by atoms with van der Waals surface area (Å²) in [5, 5.41) is 6.17. The molecule has 2 heterocycles. The summed E-state index contributed by atoms with van der Waals surface area (Å²) < 4.78 is 6.35. The molecule has 1 aromatic carbocycles. The van der Waals surface area contributed by atoms with Gasteiger partial charge in [0.15, 0.2) is 5.72 Å². The Hall–Kier alpha value is -2.89. The minimum atomic E-state index is -0.674. The second kappa shape index (κ2) is 6.62. The number of carbonyl (C=O) groups excluding carboxylic acids is 2. The lowest BCUT2D eigenvalue weighted by Crippen LogP contribution is -2.66. The summed E-state index contributed by atoms with van der Waals surface area (Å²) in [6.45, 7) is 0.444. The minimum Gasteiger partial charge on any atom is -0.467 e. The van der Waals surface area contributed by atoms with Crippen molar-refractivity contribution in [3.63, 3.8) is 0 Å². The normalized spacial score (nSPS) is 30.3. The van der Waals surface area contributed by atoms with Crippen LogP contribution in [0.25, 0.3) is 0 Å². The van der Waals surface area contributed by atoms with E-state index in [1.54, 1.807) is 12.3 Å². The first-order valence-corrected chi connectivity index (χ1v) is 9.93. The van der Waals surface area contributed by atoms with Crippen molar-refractivity contribution in [2.75, 3.05) is 0 Å². The van der Waals surface area contributed by atoms with Crippen molar-refractivity contribution in [3.05, 3.63) is 59.9 Å². The monoisotopic (exact) mass is 377 g/mol. The van der Waals surface area contributed by atoms with Crippen molar-refractivity contribution in [1.82, 2.24) is 15.6 Å². The second-order valence-corrected chi connectivity index (χ2v) is 8.06. The highest BCUT2D eigenvalue weighted by Crippen LogP contribution is 2.52. The summed E-state index contributed by atoms with van der Waals surface area (Å²) in [6, 6.07) is 13.1. The zero-order valence-electron chi connectivity index (χ0n) is 15.6. The molecule has 1 aliphatic heterocycles. The molecule has 0 radical (unpaired) electrons. The van der Waals surface area contributed by atoms with Crippen LogP contribution < -0.4 is 15.4 Å². The molecule has 6 rings (SSSR count). The van der Waals surface area contributed by atoms with Crippen molar-refractivity contribution in [2.24, 2.45) is 17.8 Å². The predicted molar refractivity (Wildman–Crippen MR) is 102 cm³/mol. The lowest BCUT2D eigenvalue weighted by atomic mass is 9.60. The zero-order chi connectivity index (χ0) is 19.1. The van der Waals surface area contributed by atoms with E-state index in [0.717, 1.165) is 25.0 Å². The number of pyridine rings is 1. The fourth-order valence-electron chi connectivity index (χ4n) is 5.09. The molecule has 3 saturated carbocycles. The van der Waals surface area contributed by atoms with Gasteiger partial charge in [-0.05, 0) is 49.4 Å². The third-order valence-corrected chi connectivity index (χ3v) is 6.47. The van der Waals surface area contributed by atoms with Crippen LogP contribution in [0.1, 0.15) is 41.7 Å². The number of nitrogens with one attached hydrogen (secondary N) is 2. The van der Waals surface area contributed by atoms with Crippen LogP contribution in [0.2, 0.25) is 0 Å². The Morgan fingerprint density at radius 3 is 2.86 bits per heavy atom. The van der Waals surface area contributed by atoms with Crippen molar-refractivity contribution < 1.29 is 14.3 Å². The van der Waals surface area contributed by atoms with Crippen LogP contribution in [0.3, 0.4) is 0 Å². The van der Waals surface area contributed by atoms with Crippen molar-refractivity contribution in [1.29, 1.82) is 0 Å². The maximum absolute atomic E-state index is 12.8. The van der Waals surface area contributed by atoms with Crippen LogP contribution in [0.5, 0.6) is 5.75 Å². The molecule has 2 bridgehead atoms. The largest absolute Gasteiger partial charge is 0.467 e. The fraction of sp³-hybridized carbons (Fsp3) is 0.409. The van der Waals surface area contributed by atoms with Gasteiger partial charge in [-0.1, -0.05) is 18.2 Å². The van der Waals surface area contributed by atoms with Gasteiger partial charge in [-0.2, -0.15) is 0 Å². The quantitative estimate of drug-likeness (QED) is 0.862. The average Bonchev–Trinajstić information content (AvgIpc) is 2.73. The van der Waals surface area contributed by atoms with Gasteiger partial charge in [0.2, 0.25) is 5.91 Å². The topological polar surface area (TPSA) is 80.3 Å². The number of aromatic nitrogens is 1. The molecule has 1 aromatic heterocycles. The molecule has 2 N–H and O–H groups in total. The Labute approximate surface area is 163 Å². The average molecular weight is 377 g/mol. The molecule has 2 amide bonds. The Morgan fingerprint density at radius 1 is 1.21 bits per heavy atom. The number of benzene rings is 1. The highest BCUT2D eigenvalue weighted by atomic mass is 16.5. The number of nitrogens with zero attached hydrogens (tertiary/aromatic N) is 1. The number of amides is 2. The first-order chi connectivity index (χ1) is 13.6. The number of fused-ring (bicyclic) bond motifs is 3. The van der Waals surface area contributed by atoms with Gasteiger partial charge >= 0.3 is 0 Å². The molecule has 4 aliphatic rings.